The van der Waals surface area contributed by atoms with Crippen molar-refractivity contribution in [2.24, 2.45) is 5.73 Å². The van der Waals surface area contributed by atoms with E-state index in [0.29, 0.717) is 0 Å². The summed E-state index contributed by atoms with van der Waals surface area (Å²) in [6, 6.07) is 17.2. The molecule has 0 saturated carbocycles. The Labute approximate surface area is 129 Å². The Bertz CT molecular complexity index is 522. The Morgan fingerprint density at radius 1 is 1.05 bits per heavy atom. The summed E-state index contributed by atoms with van der Waals surface area (Å²) in [5, 5.41) is 0. The van der Waals surface area contributed by atoms with E-state index in [1.807, 2.05) is 0 Å². The molecule has 0 aliphatic rings. The molecular weight excluding hydrogens is 345 g/mol. The topological polar surface area (TPSA) is 26.0 Å². The van der Waals surface area contributed by atoms with Crippen LogP contribution in [0.1, 0.15) is 35.6 Å². The van der Waals surface area contributed by atoms with Gasteiger partial charge in [0.15, 0.2) is 0 Å². The van der Waals surface area contributed by atoms with Crippen LogP contribution >= 0.6 is 22.6 Å². The molecule has 0 saturated heterocycles. The lowest BCUT2D eigenvalue weighted by atomic mass is 9.98. The lowest BCUT2D eigenvalue weighted by molar-refractivity contribution is 0.609. The molecule has 1 atom stereocenters. The van der Waals surface area contributed by atoms with Gasteiger partial charge < -0.3 is 5.73 Å². The number of halogens is 1. The first-order valence-electron chi connectivity index (χ1n) is 6.73. The zero-order chi connectivity index (χ0) is 13.7. The van der Waals surface area contributed by atoms with Gasteiger partial charge in [0.05, 0.1) is 0 Å². The Balaban J connectivity index is 1.91. The third kappa shape index (κ3) is 4.05. The second-order valence-electron chi connectivity index (χ2n) is 4.96. The Kier molecular flexibility index (Phi) is 5.40. The highest BCUT2D eigenvalue weighted by Crippen LogP contribution is 2.24. The molecule has 2 rings (SSSR count). The van der Waals surface area contributed by atoms with Crippen LogP contribution in [0.4, 0.5) is 0 Å². The number of benzene rings is 2. The van der Waals surface area contributed by atoms with Crippen molar-refractivity contribution in [2.75, 3.05) is 0 Å². The van der Waals surface area contributed by atoms with Gasteiger partial charge in [-0.05, 0) is 65.5 Å². The standard InChI is InChI=1S/C17H20IN/c1-13-7-5-11-15(17(13)18)16(19)12-6-10-14-8-3-2-4-9-14/h2-5,7-9,11,16H,6,10,12,19H2,1H3. The molecule has 0 aliphatic heterocycles. The maximum Gasteiger partial charge on any atom is 0.0305 e. The van der Waals surface area contributed by atoms with Gasteiger partial charge in [0, 0.05) is 9.61 Å². The molecule has 2 aromatic carbocycles. The van der Waals surface area contributed by atoms with Crippen molar-refractivity contribution in [2.45, 2.75) is 32.2 Å². The molecule has 19 heavy (non-hydrogen) atoms. The lowest BCUT2D eigenvalue weighted by Gasteiger charge is -2.15. The fourth-order valence-corrected chi connectivity index (χ4v) is 3.04. The second-order valence-corrected chi connectivity index (χ2v) is 6.04. The van der Waals surface area contributed by atoms with E-state index in [-0.39, 0.29) is 6.04 Å². The predicted octanol–water partition coefficient (Wildman–Crippen LogP) is 4.62. The highest BCUT2D eigenvalue weighted by molar-refractivity contribution is 14.1. The number of rotatable bonds is 5. The largest absolute Gasteiger partial charge is 0.324 e. The average Bonchev–Trinajstić information content (AvgIpc) is 2.43. The van der Waals surface area contributed by atoms with Crippen LogP contribution in [0.5, 0.6) is 0 Å². The van der Waals surface area contributed by atoms with Gasteiger partial charge in [0.1, 0.15) is 0 Å². The smallest absolute Gasteiger partial charge is 0.0305 e. The highest BCUT2D eigenvalue weighted by atomic mass is 127. The van der Waals surface area contributed by atoms with Crippen LogP contribution in [0.25, 0.3) is 0 Å². The first-order valence-corrected chi connectivity index (χ1v) is 7.81. The molecule has 0 heterocycles. The van der Waals surface area contributed by atoms with Crippen LogP contribution in [0.15, 0.2) is 48.5 Å². The quantitative estimate of drug-likeness (QED) is 0.769. The van der Waals surface area contributed by atoms with Gasteiger partial charge in [-0.2, -0.15) is 0 Å². The van der Waals surface area contributed by atoms with Crippen LogP contribution in [0, 0.1) is 10.5 Å². The summed E-state index contributed by atoms with van der Waals surface area (Å²) in [7, 11) is 0. The first kappa shape index (κ1) is 14.5. The summed E-state index contributed by atoms with van der Waals surface area (Å²) >= 11 is 2.40. The summed E-state index contributed by atoms with van der Waals surface area (Å²) in [5.41, 5.74) is 10.3. The molecule has 0 spiro atoms. The van der Waals surface area contributed by atoms with Gasteiger partial charge in [0.2, 0.25) is 0 Å². The minimum absolute atomic E-state index is 0.149. The van der Waals surface area contributed by atoms with Gasteiger partial charge in [-0.25, -0.2) is 0 Å². The summed E-state index contributed by atoms with van der Waals surface area (Å²) < 4.78 is 1.31. The zero-order valence-corrected chi connectivity index (χ0v) is 13.4. The van der Waals surface area contributed by atoms with Crippen LogP contribution in [0.2, 0.25) is 0 Å². The zero-order valence-electron chi connectivity index (χ0n) is 11.3. The van der Waals surface area contributed by atoms with E-state index in [1.165, 1.54) is 20.3 Å². The summed E-state index contributed by atoms with van der Waals surface area (Å²) in [6.07, 6.45) is 3.28. The number of aryl methyl sites for hydroxylation is 2. The van der Waals surface area contributed by atoms with Crippen molar-refractivity contribution in [3.05, 3.63) is 68.8 Å². The minimum atomic E-state index is 0.149. The van der Waals surface area contributed by atoms with E-state index in [1.54, 1.807) is 0 Å². The van der Waals surface area contributed by atoms with E-state index in [4.69, 9.17) is 5.73 Å². The van der Waals surface area contributed by atoms with Crippen molar-refractivity contribution in [1.29, 1.82) is 0 Å². The van der Waals surface area contributed by atoms with Gasteiger partial charge in [-0.3, -0.25) is 0 Å². The third-order valence-corrected chi connectivity index (χ3v) is 4.92. The lowest BCUT2D eigenvalue weighted by Crippen LogP contribution is -2.12. The minimum Gasteiger partial charge on any atom is -0.324 e. The van der Waals surface area contributed by atoms with Gasteiger partial charge in [-0.1, -0.05) is 48.5 Å². The van der Waals surface area contributed by atoms with Crippen molar-refractivity contribution in [1.82, 2.24) is 0 Å². The third-order valence-electron chi connectivity index (χ3n) is 3.44. The summed E-state index contributed by atoms with van der Waals surface area (Å²) in [5.74, 6) is 0. The summed E-state index contributed by atoms with van der Waals surface area (Å²) in [4.78, 5) is 0. The molecule has 0 amide bonds. The molecule has 0 bridgehead atoms. The first-order chi connectivity index (χ1) is 9.18. The molecule has 2 heteroatoms. The fraction of sp³-hybridized carbons (Fsp3) is 0.294. The van der Waals surface area contributed by atoms with Crippen LogP contribution in [-0.2, 0) is 6.42 Å². The number of hydrogen-bond acceptors (Lipinski definition) is 1. The fourth-order valence-electron chi connectivity index (χ4n) is 2.28. The van der Waals surface area contributed by atoms with Gasteiger partial charge in [-0.15, -0.1) is 0 Å². The van der Waals surface area contributed by atoms with Crippen LogP contribution in [0.3, 0.4) is 0 Å². The normalized spacial score (nSPS) is 12.4. The Morgan fingerprint density at radius 2 is 1.79 bits per heavy atom. The van der Waals surface area contributed by atoms with E-state index in [0.717, 1.165) is 19.3 Å². The molecule has 0 aliphatic carbocycles. The van der Waals surface area contributed by atoms with Crippen LogP contribution in [-0.4, -0.2) is 0 Å². The maximum atomic E-state index is 6.32. The molecule has 1 unspecified atom stereocenters. The second kappa shape index (κ2) is 7.06. The van der Waals surface area contributed by atoms with E-state index in [2.05, 4.69) is 78.0 Å². The molecule has 2 N–H and O–H groups in total. The summed E-state index contributed by atoms with van der Waals surface area (Å²) in [6.45, 7) is 2.14. The highest BCUT2D eigenvalue weighted by Gasteiger charge is 2.10. The molecule has 0 radical (unpaired) electrons. The molecule has 0 fully saturated rings. The van der Waals surface area contributed by atoms with Crippen molar-refractivity contribution >= 4 is 22.6 Å². The van der Waals surface area contributed by atoms with Crippen molar-refractivity contribution in [3.63, 3.8) is 0 Å². The van der Waals surface area contributed by atoms with Crippen molar-refractivity contribution in [3.8, 4) is 0 Å². The Morgan fingerprint density at radius 3 is 2.53 bits per heavy atom. The SMILES string of the molecule is Cc1cccc(C(N)CCCc2ccccc2)c1I. The predicted molar refractivity (Wildman–Crippen MR) is 90.2 cm³/mol. The molecule has 1 nitrogen and oxygen atoms in total. The number of nitrogens with two attached hydrogens (primary N) is 1. The molecule has 2 aromatic rings. The van der Waals surface area contributed by atoms with Gasteiger partial charge >= 0.3 is 0 Å². The molecule has 100 valence electrons. The monoisotopic (exact) mass is 365 g/mol. The van der Waals surface area contributed by atoms with Gasteiger partial charge in [0.25, 0.3) is 0 Å². The Hall–Kier alpha value is -0.870. The van der Waals surface area contributed by atoms with E-state index < -0.39 is 0 Å². The van der Waals surface area contributed by atoms with E-state index >= 15 is 0 Å². The van der Waals surface area contributed by atoms with E-state index in [9.17, 15) is 0 Å². The van der Waals surface area contributed by atoms with Crippen molar-refractivity contribution < 1.29 is 0 Å². The molecule has 0 aromatic heterocycles. The maximum absolute atomic E-state index is 6.32. The van der Waals surface area contributed by atoms with Crippen LogP contribution < -0.4 is 5.73 Å². The number of hydrogen-bond donors (Lipinski definition) is 1. The molecular formula is C17H20IN. The average molecular weight is 365 g/mol.